The van der Waals surface area contributed by atoms with Crippen molar-refractivity contribution in [2.24, 2.45) is 0 Å². The minimum absolute atomic E-state index is 0.115. The van der Waals surface area contributed by atoms with Crippen molar-refractivity contribution in [3.8, 4) is 6.07 Å². The Balaban J connectivity index is 1.83. The number of benzene rings is 2. The van der Waals surface area contributed by atoms with Crippen LogP contribution in [0.3, 0.4) is 0 Å². The lowest BCUT2D eigenvalue weighted by Crippen LogP contribution is -2.47. The van der Waals surface area contributed by atoms with Crippen LogP contribution in [-0.2, 0) is 29.5 Å². The number of rotatable bonds is 6. The van der Waals surface area contributed by atoms with Gasteiger partial charge in [-0.25, -0.2) is 8.42 Å². The molecule has 2 aromatic carbocycles. The molecule has 3 aromatic rings. The lowest BCUT2D eigenvalue weighted by molar-refractivity contribution is -0.0492. The van der Waals surface area contributed by atoms with Crippen LogP contribution in [0, 0.1) is 11.3 Å². The molecule has 188 valence electrons. The van der Waals surface area contributed by atoms with E-state index in [1.807, 2.05) is 41.3 Å². The van der Waals surface area contributed by atoms with E-state index in [1.165, 1.54) is 12.3 Å². The number of anilines is 2. The molecule has 0 bridgehead atoms. The normalized spacial score (nSPS) is 16.7. The Hall–Kier alpha value is -3.62. The second kappa shape index (κ2) is 10.2. The van der Waals surface area contributed by atoms with Gasteiger partial charge in [0.05, 0.1) is 23.9 Å². The van der Waals surface area contributed by atoms with E-state index in [-0.39, 0.29) is 17.7 Å². The quantitative estimate of drug-likeness (QED) is 0.528. The van der Waals surface area contributed by atoms with E-state index in [9.17, 15) is 26.9 Å². The highest BCUT2D eigenvalue weighted by atomic mass is 32.2. The summed E-state index contributed by atoms with van der Waals surface area (Å²) in [6, 6.07) is 18.9. The number of fused-ring (bicyclic) bond motifs is 1. The fraction of sp³-hybridized carbons (Fsp3) is 0.280. The first-order valence-electron chi connectivity index (χ1n) is 11.2. The molecular formula is C25H24F3N5O2S. The van der Waals surface area contributed by atoms with E-state index in [0.29, 0.717) is 34.2 Å². The third-order valence-corrected chi connectivity index (χ3v) is 7.73. The van der Waals surface area contributed by atoms with Crippen LogP contribution in [0.25, 0.3) is 0 Å². The van der Waals surface area contributed by atoms with Crippen molar-refractivity contribution in [3.05, 3.63) is 89.2 Å². The van der Waals surface area contributed by atoms with Crippen LogP contribution in [0.5, 0.6) is 0 Å². The van der Waals surface area contributed by atoms with Crippen LogP contribution in [-0.4, -0.2) is 35.8 Å². The van der Waals surface area contributed by atoms with Gasteiger partial charge in [-0.1, -0.05) is 36.4 Å². The molecule has 0 spiro atoms. The van der Waals surface area contributed by atoms with Crippen molar-refractivity contribution in [1.29, 1.82) is 5.26 Å². The highest BCUT2D eigenvalue weighted by Gasteiger charge is 2.51. The van der Waals surface area contributed by atoms with E-state index in [2.05, 4.69) is 4.98 Å². The van der Waals surface area contributed by atoms with Crippen molar-refractivity contribution >= 4 is 21.4 Å². The monoisotopic (exact) mass is 515 g/mol. The average molecular weight is 516 g/mol. The Morgan fingerprint density at radius 1 is 1.11 bits per heavy atom. The third-order valence-electron chi connectivity index (χ3n) is 6.19. The van der Waals surface area contributed by atoms with Crippen molar-refractivity contribution in [2.45, 2.75) is 37.5 Å². The predicted octanol–water partition coefficient (Wildman–Crippen LogP) is 4.21. The minimum atomic E-state index is -5.65. The summed E-state index contributed by atoms with van der Waals surface area (Å²) >= 11 is 0. The van der Waals surface area contributed by atoms with Gasteiger partial charge in [0.15, 0.2) is 0 Å². The van der Waals surface area contributed by atoms with E-state index in [0.717, 1.165) is 5.56 Å². The summed E-state index contributed by atoms with van der Waals surface area (Å²) in [6.45, 7) is -0.799. The maximum Gasteiger partial charge on any atom is 0.511 e. The molecule has 0 fully saturated rings. The predicted molar refractivity (Wildman–Crippen MR) is 130 cm³/mol. The molecule has 1 aromatic heterocycles. The van der Waals surface area contributed by atoms with Gasteiger partial charge in [-0.15, -0.1) is 0 Å². The Kier molecular flexibility index (Phi) is 7.19. The number of nitriles is 1. The van der Waals surface area contributed by atoms with Crippen molar-refractivity contribution in [1.82, 2.24) is 9.29 Å². The maximum atomic E-state index is 13.6. The first kappa shape index (κ1) is 25.5. The smallest absolute Gasteiger partial charge is 0.399 e. The molecule has 4 rings (SSSR count). The van der Waals surface area contributed by atoms with Crippen LogP contribution < -0.4 is 10.6 Å². The SMILES string of the molecule is N#Cc1cccc2c1CN(S(=O)(=O)C(F)(F)F)CC(CCc1ccccc1)N2Cc1cc(N)ccn1. The summed E-state index contributed by atoms with van der Waals surface area (Å²) in [5, 5.41) is 9.68. The van der Waals surface area contributed by atoms with Gasteiger partial charge in [0.2, 0.25) is 0 Å². The van der Waals surface area contributed by atoms with Gasteiger partial charge >= 0.3 is 15.5 Å². The maximum absolute atomic E-state index is 13.6. The lowest BCUT2D eigenvalue weighted by Gasteiger charge is -2.34. The first-order chi connectivity index (χ1) is 17.1. The van der Waals surface area contributed by atoms with Crippen LogP contribution in [0.2, 0.25) is 0 Å². The molecule has 0 saturated heterocycles. The molecule has 0 radical (unpaired) electrons. The molecule has 1 atom stereocenters. The summed E-state index contributed by atoms with van der Waals surface area (Å²) in [5.74, 6) is 0. The molecule has 0 aliphatic carbocycles. The summed E-state index contributed by atoms with van der Waals surface area (Å²) < 4.78 is 66.5. The first-order valence-corrected chi connectivity index (χ1v) is 12.6. The van der Waals surface area contributed by atoms with E-state index >= 15 is 0 Å². The zero-order chi connectivity index (χ0) is 25.9. The molecule has 36 heavy (non-hydrogen) atoms. The summed E-state index contributed by atoms with van der Waals surface area (Å²) in [7, 11) is -5.65. The molecular weight excluding hydrogens is 491 g/mol. The molecule has 2 heterocycles. The summed E-state index contributed by atoms with van der Waals surface area (Å²) in [4.78, 5) is 6.18. The van der Waals surface area contributed by atoms with Gasteiger partial charge in [-0.05, 0) is 42.7 Å². The number of hydrogen-bond acceptors (Lipinski definition) is 6. The summed E-state index contributed by atoms with van der Waals surface area (Å²) in [6.07, 6.45) is 2.42. The van der Waals surface area contributed by atoms with Gasteiger partial charge < -0.3 is 10.6 Å². The molecule has 1 unspecified atom stereocenters. The van der Waals surface area contributed by atoms with E-state index in [4.69, 9.17) is 5.73 Å². The lowest BCUT2D eigenvalue weighted by atomic mass is 10.0. The van der Waals surface area contributed by atoms with Crippen LogP contribution >= 0.6 is 0 Å². The number of nitrogens with zero attached hydrogens (tertiary/aromatic N) is 4. The van der Waals surface area contributed by atoms with Crippen molar-refractivity contribution in [2.75, 3.05) is 17.2 Å². The number of aromatic nitrogens is 1. The van der Waals surface area contributed by atoms with Gasteiger partial charge in [-0.2, -0.15) is 22.7 Å². The van der Waals surface area contributed by atoms with Gasteiger partial charge in [0.25, 0.3) is 0 Å². The highest BCUT2D eigenvalue weighted by Crippen LogP contribution is 2.37. The fourth-order valence-electron chi connectivity index (χ4n) is 4.41. The van der Waals surface area contributed by atoms with E-state index < -0.39 is 34.7 Å². The van der Waals surface area contributed by atoms with Crippen LogP contribution in [0.15, 0.2) is 66.9 Å². The zero-order valence-electron chi connectivity index (χ0n) is 19.2. The molecule has 0 saturated carbocycles. The molecule has 1 aliphatic rings. The number of nitrogen functional groups attached to an aromatic ring is 1. The number of hydrogen-bond donors (Lipinski definition) is 1. The number of sulfonamides is 1. The molecule has 11 heteroatoms. The summed E-state index contributed by atoms with van der Waals surface area (Å²) in [5.41, 5.74) is 3.30. The molecule has 1 aliphatic heterocycles. The number of pyridine rings is 1. The largest absolute Gasteiger partial charge is 0.511 e. The zero-order valence-corrected chi connectivity index (χ0v) is 20.0. The third kappa shape index (κ3) is 5.29. The number of halogens is 3. The number of nitrogens with two attached hydrogens (primary N) is 1. The van der Waals surface area contributed by atoms with Crippen molar-refractivity contribution < 1.29 is 21.6 Å². The van der Waals surface area contributed by atoms with Gasteiger partial charge in [0.1, 0.15) is 0 Å². The highest BCUT2D eigenvalue weighted by molar-refractivity contribution is 7.89. The Bertz CT molecular complexity index is 1370. The van der Waals surface area contributed by atoms with Gasteiger partial charge in [-0.3, -0.25) is 4.98 Å². The Labute approximate surface area is 207 Å². The molecule has 2 N–H and O–H groups in total. The molecule has 7 nitrogen and oxygen atoms in total. The second-order valence-corrected chi connectivity index (χ2v) is 10.5. The fourth-order valence-corrected chi connectivity index (χ4v) is 5.37. The standard InChI is InChI=1S/C25H24F3N5O2S/c26-25(27,28)36(34,35)32-16-22(10-9-18-5-2-1-3-6-18)33(15-21-13-20(30)11-12-31-21)24-8-4-7-19(14-29)23(24)17-32/h1-8,11-13,22H,9-10,15-17H2,(H2,30,31). The number of aryl methyl sites for hydroxylation is 1. The number of alkyl halides is 3. The Morgan fingerprint density at radius 2 is 1.86 bits per heavy atom. The van der Waals surface area contributed by atoms with Crippen LogP contribution in [0.1, 0.15) is 28.8 Å². The topological polar surface area (TPSA) is 103 Å². The Morgan fingerprint density at radius 3 is 2.53 bits per heavy atom. The van der Waals surface area contributed by atoms with Crippen molar-refractivity contribution in [3.63, 3.8) is 0 Å². The second-order valence-electron chi connectivity index (χ2n) is 8.54. The molecule has 0 amide bonds. The minimum Gasteiger partial charge on any atom is -0.399 e. The van der Waals surface area contributed by atoms with Crippen LogP contribution in [0.4, 0.5) is 24.5 Å². The van der Waals surface area contributed by atoms with E-state index in [1.54, 1.807) is 24.3 Å². The average Bonchev–Trinajstić information content (AvgIpc) is 3.00. The van der Waals surface area contributed by atoms with Gasteiger partial charge in [0, 0.05) is 42.3 Å².